The average molecular weight is 199 g/mol. The van der Waals surface area contributed by atoms with E-state index in [0.717, 1.165) is 18.9 Å². The Kier molecular flexibility index (Phi) is 2.02. The van der Waals surface area contributed by atoms with E-state index in [0.29, 0.717) is 0 Å². The first-order valence-electron chi connectivity index (χ1n) is 5.39. The highest BCUT2D eigenvalue weighted by atomic mass is 15.2. The number of hydrogen-bond donors (Lipinski definition) is 0. The molecule has 0 spiro atoms. The van der Waals surface area contributed by atoms with Crippen LogP contribution in [0.4, 0.5) is 5.82 Å². The van der Waals surface area contributed by atoms with Crippen molar-refractivity contribution in [2.75, 3.05) is 18.0 Å². The van der Waals surface area contributed by atoms with Gasteiger partial charge in [-0.25, -0.2) is 4.98 Å². The van der Waals surface area contributed by atoms with Gasteiger partial charge in [0.15, 0.2) is 0 Å². The van der Waals surface area contributed by atoms with Gasteiger partial charge < -0.3 is 4.90 Å². The Morgan fingerprint density at radius 2 is 1.87 bits per heavy atom. The number of hydrogen-bond acceptors (Lipinski definition) is 3. The zero-order valence-electron chi connectivity index (χ0n) is 8.56. The fourth-order valence-corrected chi connectivity index (χ4v) is 2.18. The monoisotopic (exact) mass is 199 g/mol. The van der Waals surface area contributed by atoms with Gasteiger partial charge in [0.25, 0.3) is 0 Å². The van der Waals surface area contributed by atoms with Crippen molar-refractivity contribution in [3.8, 4) is 0 Å². The topological polar surface area (TPSA) is 29.0 Å². The largest absolute Gasteiger partial charge is 0.356 e. The SMILES string of the molecule is c1cc2ccnc(N3CCCC3)c2cn1. The van der Waals surface area contributed by atoms with Crippen LogP contribution in [0.2, 0.25) is 0 Å². The van der Waals surface area contributed by atoms with Crippen molar-refractivity contribution in [2.24, 2.45) is 0 Å². The van der Waals surface area contributed by atoms with Gasteiger partial charge in [0.2, 0.25) is 0 Å². The van der Waals surface area contributed by atoms with E-state index in [4.69, 9.17) is 0 Å². The molecule has 3 nitrogen and oxygen atoms in total. The summed E-state index contributed by atoms with van der Waals surface area (Å²) < 4.78 is 0. The molecule has 3 heterocycles. The van der Waals surface area contributed by atoms with Gasteiger partial charge in [-0.1, -0.05) is 0 Å². The molecule has 1 aliphatic rings. The summed E-state index contributed by atoms with van der Waals surface area (Å²) in [7, 11) is 0. The summed E-state index contributed by atoms with van der Waals surface area (Å²) in [5, 5.41) is 2.39. The van der Waals surface area contributed by atoms with Crippen LogP contribution < -0.4 is 4.90 Å². The maximum Gasteiger partial charge on any atom is 0.137 e. The fraction of sp³-hybridized carbons (Fsp3) is 0.333. The summed E-state index contributed by atoms with van der Waals surface area (Å²) in [5.74, 6) is 1.10. The Morgan fingerprint density at radius 3 is 2.73 bits per heavy atom. The first-order chi connectivity index (χ1) is 7.45. The molecule has 0 bridgehead atoms. The molecule has 76 valence electrons. The van der Waals surface area contributed by atoms with E-state index >= 15 is 0 Å². The molecule has 15 heavy (non-hydrogen) atoms. The minimum atomic E-state index is 1.10. The standard InChI is InChI=1S/C12H13N3/c1-2-8-15(7-1)12-11-9-13-5-3-10(11)4-6-14-12/h3-6,9H,1-2,7-8H2. The molecule has 3 rings (SSSR count). The molecule has 2 aromatic rings. The molecular formula is C12H13N3. The molecule has 0 unspecified atom stereocenters. The Morgan fingerprint density at radius 1 is 1.07 bits per heavy atom. The van der Waals surface area contributed by atoms with E-state index in [1.54, 1.807) is 0 Å². The molecule has 0 aromatic carbocycles. The molecule has 3 heteroatoms. The highest BCUT2D eigenvalue weighted by molar-refractivity contribution is 5.91. The first kappa shape index (κ1) is 8.65. The highest BCUT2D eigenvalue weighted by Crippen LogP contribution is 2.25. The number of fused-ring (bicyclic) bond motifs is 1. The summed E-state index contributed by atoms with van der Waals surface area (Å²) in [5.41, 5.74) is 0. The smallest absolute Gasteiger partial charge is 0.137 e. The van der Waals surface area contributed by atoms with Gasteiger partial charge in [-0.05, 0) is 30.4 Å². The van der Waals surface area contributed by atoms with Crippen molar-refractivity contribution in [1.29, 1.82) is 0 Å². The number of pyridine rings is 2. The normalized spacial score (nSPS) is 16.1. The number of anilines is 1. The van der Waals surface area contributed by atoms with E-state index in [1.165, 1.54) is 23.6 Å². The molecule has 0 amide bonds. The number of nitrogens with zero attached hydrogens (tertiary/aromatic N) is 3. The predicted molar refractivity (Wildman–Crippen MR) is 61.0 cm³/mol. The lowest BCUT2D eigenvalue weighted by atomic mass is 10.2. The molecule has 0 atom stereocenters. The second-order valence-electron chi connectivity index (χ2n) is 3.93. The lowest BCUT2D eigenvalue weighted by molar-refractivity contribution is 0.945. The zero-order chi connectivity index (χ0) is 10.1. The first-order valence-corrected chi connectivity index (χ1v) is 5.39. The Bertz CT molecular complexity index is 470. The van der Waals surface area contributed by atoms with Gasteiger partial charge in [-0.15, -0.1) is 0 Å². The van der Waals surface area contributed by atoms with Crippen LogP contribution in [-0.4, -0.2) is 23.1 Å². The second-order valence-corrected chi connectivity index (χ2v) is 3.93. The molecule has 1 aliphatic heterocycles. The molecule has 0 saturated carbocycles. The van der Waals surface area contributed by atoms with Crippen molar-refractivity contribution >= 4 is 16.6 Å². The fourth-order valence-electron chi connectivity index (χ4n) is 2.18. The second kappa shape index (κ2) is 3.50. The third kappa shape index (κ3) is 1.44. The van der Waals surface area contributed by atoms with Crippen LogP contribution in [0.5, 0.6) is 0 Å². The van der Waals surface area contributed by atoms with Gasteiger partial charge in [0.05, 0.1) is 0 Å². The van der Waals surface area contributed by atoms with E-state index in [2.05, 4.69) is 14.9 Å². The highest BCUT2D eigenvalue weighted by Gasteiger charge is 2.15. The van der Waals surface area contributed by atoms with Gasteiger partial charge in [0, 0.05) is 37.1 Å². The van der Waals surface area contributed by atoms with Crippen LogP contribution in [0.1, 0.15) is 12.8 Å². The average Bonchev–Trinajstić information content (AvgIpc) is 2.82. The van der Waals surface area contributed by atoms with Crippen molar-refractivity contribution in [3.63, 3.8) is 0 Å². The van der Waals surface area contributed by atoms with Gasteiger partial charge in [-0.2, -0.15) is 0 Å². The lowest BCUT2D eigenvalue weighted by Gasteiger charge is -2.17. The minimum absolute atomic E-state index is 1.10. The van der Waals surface area contributed by atoms with Crippen molar-refractivity contribution < 1.29 is 0 Å². The quantitative estimate of drug-likeness (QED) is 0.705. The van der Waals surface area contributed by atoms with Crippen LogP contribution in [0.3, 0.4) is 0 Å². The maximum atomic E-state index is 4.47. The van der Waals surface area contributed by atoms with E-state index in [9.17, 15) is 0 Å². The maximum absolute atomic E-state index is 4.47. The van der Waals surface area contributed by atoms with Crippen LogP contribution >= 0.6 is 0 Å². The van der Waals surface area contributed by atoms with E-state index < -0.39 is 0 Å². The Balaban J connectivity index is 2.16. The number of rotatable bonds is 1. The van der Waals surface area contributed by atoms with Crippen LogP contribution in [0.15, 0.2) is 30.7 Å². The Hall–Kier alpha value is -1.64. The van der Waals surface area contributed by atoms with Crippen molar-refractivity contribution in [2.45, 2.75) is 12.8 Å². The van der Waals surface area contributed by atoms with E-state index in [1.807, 2.05) is 30.7 Å². The van der Waals surface area contributed by atoms with Crippen LogP contribution in [0.25, 0.3) is 10.8 Å². The molecule has 2 aromatic heterocycles. The van der Waals surface area contributed by atoms with Crippen molar-refractivity contribution in [1.82, 2.24) is 9.97 Å². The summed E-state index contributed by atoms with van der Waals surface area (Å²) in [6.07, 6.45) is 8.18. The van der Waals surface area contributed by atoms with Gasteiger partial charge in [0.1, 0.15) is 5.82 Å². The molecule has 0 aliphatic carbocycles. The predicted octanol–water partition coefficient (Wildman–Crippen LogP) is 2.23. The molecule has 1 saturated heterocycles. The number of aromatic nitrogens is 2. The summed E-state index contributed by atoms with van der Waals surface area (Å²) >= 11 is 0. The minimum Gasteiger partial charge on any atom is -0.356 e. The molecule has 0 radical (unpaired) electrons. The van der Waals surface area contributed by atoms with Crippen LogP contribution in [-0.2, 0) is 0 Å². The molecule has 1 fully saturated rings. The van der Waals surface area contributed by atoms with Crippen molar-refractivity contribution in [3.05, 3.63) is 30.7 Å². The molecular weight excluding hydrogens is 186 g/mol. The Labute approximate surface area is 88.8 Å². The zero-order valence-corrected chi connectivity index (χ0v) is 8.56. The van der Waals surface area contributed by atoms with Gasteiger partial charge >= 0.3 is 0 Å². The summed E-state index contributed by atoms with van der Waals surface area (Å²) in [6, 6.07) is 4.08. The third-order valence-electron chi connectivity index (χ3n) is 2.95. The van der Waals surface area contributed by atoms with E-state index in [-0.39, 0.29) is 0 Å². The van der Waals surface area contributed by atoms with Gasteiger partial charge in [-0.3, -0.25) is 4.98 Å². The molecule has 0 N–H and O–H groups in total. The third-order valence-corrected chi connectivity index (χ3v) is 2.95. The summed E-state index contributed by atoms with van der Waals surface area (Å²) in [4.78, 5) is 11.0. The summed E-state index contributed by atoms with van der Waals surface area (Å²) in [6.45, 7) is 2.25. The van der Waals surface area contributed by atoms with Crippen LogP contribution in [0, 0.1) is 0 Å². The lowest BCUT2D eigenvalue weighted by Crippen LogP contribution is -2.19.